The molecule has 0 atom stereocenters. The smallest absolute Gasteiger partial charge is 0.433 e. The maximum Gasteiger partial charge on any atom is 0.433 e. The number of aromatic nitrogens is 22. The average molecular weight is 1680 g/mol. The number of nitrogen functional groups attached to an aromatic ring is 4. The summed E-state index contributed by atoms with van der Waals surface area (Å²) in [7, 11) is 0. The Bertz CT molecular complexity index is 6450. The van der Waals surface area contributed by atoms with E-state index >= 15 is 0 Å². The van der Waals surface area contributed by atoms with E-state index in [0.29, 0.717) is 58.9 Å². The number of para-hydroxylation sites is 2. The molecule has 0 spiro atoms. The number of hydrogen-bond donors (Lipinski definition) is 8. The van der Waals surface area contributed by atoms with Crippen LogP contribution in [0.5, 0.6) is 11.5 Å². The molecule has 0 bridgehead atoms. The topological polar surface area (TPSA) is 422 Å². The Labute approximate surface area is 661 Å². The first-order chi connectivity index (χ1) is 57.1. The monoisotopic (exact) mass is 1670 g/mol. The van der Waals surface area contributed by atoms with Crippen molar-refractivity contribution in [3.05, 3.63) is 215 Å². The van der Waals surface area contributed by atoms with E-state index in [1.807, 2.05) is 24.3 Å². The molecule has 0 amide bonds. The number of ether oxygens (including phenoxy) is 2. The van der Waals surface area contributed by atoms with Crippen LogP contribution in [0, 0.1) is 48.8 Å². The second kappa shape index (κ2) is 34.1. The predicted octanol–water partition coefficient (Wildman–Crippen LogP) is 14.8. The molecule has 0 fully saturated rings. The van der Waals surface area contributed by atoms with Gasteiger partial charge in [-0.2, -0.15) is 104 Å². The molecule has 0 aliphatic heterocycles. The molecule has 0 aliphatic carbocycles. The summed E-state index contributed by atoms with van der Waals surface area (Å²) in [6.45, 7) is 0.913. The van der Waals surface area contributed by atoms with Crippen molar-refractivity contribution in [3.8, 4) is 35.3 Å². The van der Waals surface area contributed by atoms with Crippen LogP contribution in [-0.2, 0) is 25.2 Å². The van der Waals surface area contributed by atoms with E-state index in [2.05, 4.69) is 120 Å². The van der Waals surface area contributed by atoms with E-state index in [1.165, 1.54) is 69.8 Å². The van der Waals surface area contributed by atoms with Gasteiger partial charge in [0.15, 0.2) is 23.2 Å². The Morgan fingerprint density at radius 3 is 1.18 bits per heavy atom. The van der Waals surface area contributed by atoms with Gasteiger partial charge in [0, 0.05) is 60.6 Å². The lowest BCUT2D eigenvalue weighted by atomic mass is 10.3. The van der Waals surface area contributed by atoms with Gasteiger partial charge in [0.1, 0.15) is 68.9 Å². The number of nitrogens with one attached hydrogen (secondary N) is 4. The molecule has 10 aromatic heterocycles. The Morgan fingerprint density at radius 1 is 0.367 bits per heavy atom. The van der Waals surface area contributed by atoms with Crippen molar-refractivity contribution in [1.82, 2.24) is 108 Å². The van der Waals surface area contributed by atoms with Crippen molar-refractivity contribution in [2.75, 3.05) is 44.2 Å². The van der Waals surface area contributed by atoms with Crippen LogP contribution in [0.3, 0.4) is 0 Å². The number of halogens is 16. The van der Waals surface area contributed by atoms with Crippen LogP contribution in [-0.4, -0.2) is 121 Å². The summed E-state index contributed by atoms with van der Waals surface area (Å²) in [5.41, 5.74) is 24.8. The van der Waals surface area contributed by atoms with Crippen molar-refractivity contribution in [3.63, 3.8) is 0 Å². The Kier molecular flexibility index (Phi) is 23.4. The molecule has 616 valence electrons. The van der Waals surface area contributed by atoms with Gasteiger partial charge in [0.2, 0.25) is 71.4 Å². The van der Waals surface area contributed by atoms with Crippen LogP contribution >= 0.6 is 0 Å². The molecular formula is C72H54F16N30O2. The number of nitrogens with two attached hydrogens (primary N) is 4. The first kappa shape index (κ1) is 82.4. The van der Waals surface area contributed by atoms with E-state index in [-0.39, 0.29) is 116 Å². The van der Waals surface area contributed by atoms with Crippen LogP contribution in [0.4, 0.5) is 141 Å². The van der Waals surface area contributed by atoms with Gasteiger partial charge in [0.25, 0.3) is 0 Å². The van der Waals surface area contributed by atoms with E-state index in [0.717, 1.165) is 65.9 Å². The number of anilines is 12. The minimum Gasteiger partial charge on any atom is -0.435 e. The molecule has 16 aromatic rings. The number of alkyl halides is 10. The SMILES string of the molecule is CCc1nc2c(F)cc(F)cc2n1-c1nc(N)nc(Nc2ccc(OC(F)F)c(F)c2)n1.CCc1nc2c(F)cc(F)cc2n1-c1nc(N)nc(Nc2ccc(OC(F)F)cc2)n1.Cc1nc2cc(F)ccc2n1-c1nc(N)nc(Nc2ccc(C(F)(F)F)nc2)n1.Cc1nc2ccccc2n1-c1nc(N)nc(Nc2ccc(C(F)(F)F)nc2)n1. The third-order valence-electron chi connectivity index (χ3n) is 16.4. The van der Waals surface area contributed by atoms with Gasteiger partial charge in [-0.05, 0) is 98.8 Å². The Hall–Kier alpha value is -15.6. The maximum atomic E-state index is 14.2. The first-order valence-corrected chi connectivity index (χ1v) is 34.4. The van der Waals surface area contributed by atoms with Gasteiger partial charge in [0.05, 0.1) is 56.9 Å². The van der Waals surface area contributed by atoms with Crippen LogP contribution < -0.4 is 53.7 Å². The normalized spacial score (nSPS) is 11.5. The van der Waals surface area contributed by atoms with Crippen molar-refractivity contribution < 1.29 is 79.7 Å². The fourth-order valence-electron chi connectivity index (χ4n) is 11.5. The summed E-state index contributed by atoms with van der Waals surface area (Å²) in [6.07, 6.45) is -6.29. The molecule has 10 heterocycles. The third-order valence-corrected chi connectivity index (χ3v) is 16.4. The summed E-state index contributed by atoms with van der Waals surface area (Å²) < 4.78 is 223. The molecule has 120 heavy (non-hydrogen) atoms. The summed E-state index contributed by atoms with van der Waals surface area (Å²) >= 11 is 0. The number of nitrogens with zero attached hydrogens (tertiary/aromatic N) is 22. The van der Waals surface area contributed by atoms with Gasteiger partial charge >= 0.3 is 25.6 Å². The molecule has 0 saturated carbocycles. The quantitative estimate of drug-likeness (QED) is 0.0370. The van der Waals surface area contributed by atoms with Crippen LogP contribution in [0.15, 0.2) is 146 Å². The molecule has 0 saturated heterocycles. The predicted molar refractivity (Wildman–Crippen MR) is 401 cm³/mol. The highest BCUT2D eigenvalue weighted by molar-refractivity contribution is 5.81. The van der Waals surface area contributed by atoms with Gasteiger partial charge in [-0.25, -0.2) is 56.2 Å². The highest BCUT2D eigenvalue weighted by Gasteiger charge is 2.34. The zero-order chi connectivity index (χ0) is 85.8. The molecule has 6 aromatic carbocycles. The number of hydrogen-bond acceptors (Lipinski definition) is 28. The lowest BCUT2D eigenvalue weighted by molar-refractivity contribution is -0.141. The van der Waals surface area contributed by atoms with E-state index in [9.17, 15) is 70.2 Å². The van der Waals surface area contributed by atoms with E-state index in [4.69, 9.17) is 22.9 Å². The molecule has 16 rings (SSSR count). The number of fused-ring (bicyclic) bond motifs is 4. The summed E-state index contributed by atoms with van der Waals surface area (Å²) in [4.78, 5) is 73.0. The minimum absolute atomic E-state index is 0.00239. The van der Waals surface area contributed by atoms with Crippen molar-refractivity contribution in [2.45, 2.75) is 66.1 Å². The number of rotatable bonds is 18. The summed E-state index contributed by atoms with van der Waals surface area (Å²) in [6, 6.07) is 28.1. The van der Waals surface area contributed by atoms with Crippen LogP contribution in [0.25, 0.3) is 67.9 Å². The van der Waals surface area contributed by atoms with Crippen molar-refractivity contribution >= 4 is 114 Å². The molecule has 0 radical (unpaired) electrons. The fraction of sp³-hybridized carbons (Fsp3) is 0.139. The molecular weight excluding hydrogens is 1620 g/mol. The van der Waals surface area contributed by atoms with Crippen molar-refractivity contribution in [2.24, 2.45) is 0 Å². The van der Waals surface area contributed by atoms with Crippen LogP contribution in [0.1, 0.15) is 48.5 Å². The maximum absolute atomic E-state index is 14.2. The molecule has 48 heteroatoms. The standard InChI is InChI=1S/C19H14F5N7O.C19H15F4N7O.C17H12F4N8.C17H13F3N8/c1-2-14-27-15-11(22)5-8(20)6-12(15)31(14)19-29-17(25)28-18(30-19)26-9-3-4-13(10(21)7-9)32-16(23)24;1-2-14-26-15-12(21)7-9(20)8-13(15)30(14)19-28-17(24)27-18(29-19)25-10-3-5-11(6-4-10)31-16(22)23;1-8-24-11-6-9(18)2-4-12(11)29(8)16-27-14(22)26-15(28-16)25-10-3-5-13(23-7-10)17(19,20)21;1-9-23-11-4-2-3-5-12(11)28(9)16-26-14(21)25-15(27-16)24-10-6-7-13(22-8-10)17(18,19)20/h3-7,16H,2H2,1H3,(H3,25,26,28,29,30);3-8,16H,2H2,1H3,(H3,24,25,27,28,29);2-7H,1H3,(H3,22,25,26,27,28);2-8H,1H3,(H3,21,24,25,26,27). The summed E-state index contributed by atoms with van der Waals surface area (Å²) in [5.74, 6) is -3.84. The fourth-order valence-corrected chi connectivity index (χ4v) is 11.5. The molecule has 32 nitrogen and oxygen atoms in total. The zero-order valence-corrected chi connectivity index (χ0v) is 61.4. The van der Waals surface area contributed by atoms with Gasteiger partial charge < -0.3 is 53.7 Å². The van der Waals surface area contributed by atoms with E-state index in [1.54, 1.807) is 36.8 Å². The second-order valence-corrected chi connectivity index (χ2v) is 24.6. The lowest BCUT2D eigenvalue weighted by Crippen LogP contribution is -2.11. The van der Waals surface area contributed by atoms with Crippen LogP contribution in [0.2, 0.25) is 0 Å². The molecule has 0 unspecified atom stereocenters. The van der Waals surface area contributed by atoms with Gasteiger partial charge in [-0.3, -0.25) is 18.3 Å². The molecule has 0 aliphatic rings. The second-order valence-electron chi connectivity index (χ2n) is 24.6. The average Bonchev–Trinajstić information content (AvgIpc) is 1.63. The van der Waals surface area contributed by atoms with Gasteiger partial charge in [-0.15, -0.1) is 0 Å². The van der Waals surface area contributed by atoms with Crippen molar-refractivity contribution in [1.29, 1.82) is 0 Å². The molecule has 12 N–H and O–H groups in total. The summed E-state index contributed by atoms with van der Waals surface area (Å²) in [5, 5.41) is 11.1. The third kappa shape index (κ3) is 19.0. The first-order valence-electron chi connectivity index (χ1n) is 34.4. The number of imidazole rings is 4. The van der Waals surface area contributed by atoms with Gasteiger partial charge in [-0.1, -0.05) is 26.0 Å². The minimum atomic E-state index is -4.54. The zero-order valence-electron chi connectivity index (χ0n) is 61.4. The highest BCUT2D eigenvalue weighted by atomic mass is 19.4. The Morgan fingerprint density at radius 2 is 0.767 bits per heavy atom. The highest BCUT2D eigenvalue weighted by Crippen LogP contribution is 2.34. The largest absolute Gasteiger partial charge is 0.435 e. The van der Waals surface area contributed by atoms with E-state index < -0.39 is 77.6 Å². The lowest BCUT2D eigenvalue weighted by Gasteiger charge is -2.11. The number of pyridine rings is 2. The number of aryl methyl sites for hydroxylation is 4. The number of benzene rings is 6. The Balaban J connectivity index is 0.000000138.